The molecule has 1 aromatic carbocycles. The summed E-state index contributed by atoms with van der Waals surface area (Å²) < 4.78 is 15.2. The molecule has 0 radical (unpaired) electrons. The van der Waals surface area contributed by atoms with Crippen molar-refractivity contribution in [2.45, 2.75) is 31.7 Å². The molecule has 0 heterocycles. The molecule has 23 heavy (non-hydrogen) atoms. The SMILES string of the molecule is COC(=O)C[C@@H](NC(=O)C1CCC1)c1ccc(OC)c(OC)c1. The lowest BCUT2D eigenvalue weighted by atomic mass is 9.84. The average Bonchev–Trinajstić information content (AvgIpc) is 2.51. The Morgan fingerprint density at radius 3 is 2.39 bits per heavy atom. The van der Waals surface area contributed by atoms with Crippen LogP contribution in [-0.4, -0.2) is 33.2 Å². The molecule has 0 unspecified atom stereocenters. The van der Waals surface area contributed by atoms with E-state index in [0.29, 0.717) is 11.5 Å². The number of rotatable bonds is 7. The van der Waals surface area contributed by atoms with E-state index >= 15 is 0 Å². The van der Waals surface area contributed by atoms with Gasteiger partial charge in [0, 0.05) is 5.92 Å². The molecule has 0 aromatic heterocycles. The molecule has 0 spiro atoms. The van der Waals surface area contributed by atoms with E-state index in [-0.39, 0.29) is 24.2 Å². The zero-order chi connectivity index (χ0) is 16.8. The van der Waals surface area contributed by atoms with Crippen LogP contribution in [-0.2, 0) is 14.3 Å². The first-order valence-electron chi connectivity index (χ1n) is 7.68. The van der Waals surface area contributed by atoms with Crippen LogP contribution in [0.4, 0.5) is 0 Å². The molecule has 126 valence electrons. The standard InChI is InChI=1S/C17H23NO5/c1-21-14-8-7-12(9-15(14)22-2)13(10-16(19)23-3)18-17(20)11-5-4-6-11/h7-9,11,13H,4-6,10H2,1-3H3,(H,18,20)/t13-/m1/s1. The molecular weight excluding hydrogens is 298 g/mol. The predicted molar refractivity (Wildman–Crippen MR) is 84.4 cm³/mol. The normalized spacial score (nSPS) is 15.3. The van der Waals surface area contributed by atoms with Crippen LogP contribution in [0, 0.1) is 5.92 Å². The second-order valence-corrected chi connectivity index (χ2v) is 5.58. The van der Waals surface area contributed by atoms with Crippen molar-refractivity contribution in [2.24, 2.45) is 5.92 Å². The van der Waals surface area contributed by atoms with Crippen molar-refractivity contribution in [3.8, 4) is 11.5 Å². The first kappa shape index (κ1) is 17.1. The van der Waals surface area contributed by atoms with Crippen LogP contribution in [0.2, 0.25) is 0 Å². The predicted octanol–water partition coefficient (Wildman–Crippen LogP) is 2.22. The molecule has 1 aliphatic rings. The minimum atomic E-state index is -0.449. The Hall–Kier alpha value is -2.24. The molecule has 1 atom stereocenters. The molecule has 1 N–H and O–H groups in total. The van der Waals surface area contributed by atoms with Crippen molar-refractivity contribution < 1.29 is 23.8 Å². The fourth-order valence-electron chi connectivity index (χ4n) is 2.53. The quantitative estimate of drug-likeness (QED) is 0.780. The van der Waals surface area contributed by atoms with E-state index in [0.717, 1.165) is 24.8 Å². The maximum absolute atomic E-state index is 12.2. The monoisotopic (exact) mass is 321 g/mol. The van der Waals surface area contributed by atoms with Gasteiger partial charge in [-0.25, -0.2) is 0 Å². The summed E-state index contributed by atoms with van der Waals surface area (Å²) in [6, 6.07) is 4.90. The van der Waals surface area contributed by atoms with Crippen molar-refractivity contribution in [2.75, 3.05) is 21.3 Å². The Morgan fingerprint density at radius 2 is 1.87 bits per heavy atom. The molecule has 1 fully saturated rings. The largest absolute Gasteiger partial charge is 0.493 e. The van der Waals surface area contributed by atoms with Crippen LogP contribution in [0.15, 0.2) is 18.2 Å². The van der Waals surface area contributed by atoms with Gasteiger partial charge in [-0.15, -0.1) is 0 Å². The Bertz CT molecular complexity index is 568. The van der Waals surface area contributed by atoms with E-state index in [2.05, 4.69) is 5.32 Å². The highest BCUT2D eigenvalue weighted by molar-refractivity contribution is 5.81. The van der Waals surface area contributed by atoms with E-state index in [4.69, 9.17) is 14.2 Å². The fourth-order valence-corrected chi connectivity index (χ4v) is 2.53. The van der Waals surface area contributed by atoms with Gasteiger partial charge in [-0.2, -0.15) is 0 Å². The fraction of sp³-hybridized carbons (Fsp3) is 0.529. The minimum absolute atomic E-state index is 0.0139. The highest BCUT2D eigenvalue weighted by atomic mass is 16.5. The molecule has 1 amide bonds. The van der Waals surface area contributed by atoms with Crippen molar-refractivity contribution >= 4 is 11.9 Å². The van der Waals surface area contributed by atoms with Crippen LogP contribution in [0.3, 0.4) is 0 Å². The summed E-state index contributed by atoms with van der Waals surface area (Å²) in [4.78, 5) is 23.9. The summed E-state index contributed by atoms with van der Waals surface area (Å²) in [6.45, 7) is 0. The minimum Gasteiger partial charge on any atom is -0.493 e. The van der Waals surface area contributed by atoms with Crippen LogP contribution in [0.5, 0.6) is 11.5 Å². The van der Waals surface area contributed by atoms with E-state index in [1.54, 1.807) is 26.4 Å². The Labute approximate surface area is 136 Å². The van der Waals surface area contributed by atoms with E-state index in [9.17, 15) is 9.59 Å². The second kappa shape index (κ2) is 7.85. The van der Waals surface area contributed by atoms with Crippen molar-refractivity contribution in [3.63, 3.8) is 0 Å². The third kappa shape index (κ3) is 4.15. The highest BCUT2D eigenvalue weighted by Crippen LogP contribution is 2.32. The van der Waals surface area contributed by atoms with Crippen LogP contribution < -0.4 is 14.8 Å². The van der Waals surface area contributed by atoms with Gasteiger partial charge in [0.1, 0.15) is 0 Å². The third-order valence-electron chi connectivity index (χ3n) is 4.20. The van der Waals surface area contributed by atoms with E-state index < -0.39 is 6.04 Å². The summed E-state index contributed by atoms with van der Waals surface area (Å²) in [5, 5.41) is 2.95. The van der Waals surface area contributed by atoms with Gasteiger partial charge in [-0.1, -0.05) is 12.5 Å². The zero-order valence-corrected chi connectivity index (χ0v) is 13.8. The number of hydrogen-bond donors (Lipinski definition) is 1. The van der Waals surface area contributed by atoms with Gasteiger partial charge in [0.05, 0.1) is 33.8 Å². The average molecular weight is 321 g/mol. The van der Waals surface area contributed by atoms with Crippen molar-refractivity contribution in [3.05, 3.63) is 23.8 Å². The van der Waals surface area contributed by atoms with Crippen LogP contribution in [0.25, 0.3) is 0 Å². The summed E-state index contributed by atoms with van der Waals surface area (Å²) in [5.74, 6) is 0.810. The molecular formula is C17H23NO5. The Balaban J connectivity index is 2.20. The molecule has 0 bridgehead atoms. The maximum atomic E-state index is 12.2. The number of carbonyl (C=O) groups excluding carboxylic acids is 2. The molecule has 0 aliphatic heterocycles. The highest BCUT2D eigenvalue weighted by Gasteiger charge is 2.28. The number of benzene rings is 1. The topological polar surface area (TPSA) is 73.9 Å². The summed E-state index contributed by atoms with van der Waals surface area (Å²) in [5.41, 5.74) is 0.778. The first-order chi connectivity index (χ1) is 11.1. The van der Waals surface area contributed by atoms with Gasteiger partial charge in [0.15, 0.2) is 11.5 Å². The van der Waals surface area contributed by atoms with Crippen LogP contribution in [0.1, 0.15) is 37.3 Å². The number of ether oxygens (including phenoxy) is 3. The molecule has 1 aromatic rings. The van der Waals surface area contributed by atoms with Gasteiger partial charge in [-0.05, 0) is 30.5 Å². The molecule has 2 rings (SSSR count). The van der Waals surface area contributed by atoms with Gasteiger partial charge in [0.25, 0.3) is 0 Å². The van der Waals surface area contributed by atoms with Crippen LogP contribution >= 0.6 is 0 Å². The van der Waals surface area contributed by atoms with Crippen molar-refractivity contribution in [1.82, 2.24) is 5.32 Å². The van der Waals surface area contributed by atoms with E-state index in [1.807, 2.05) is 6.07 Å². The summed E-state index contributed by atoms with van der Waals surface area (Å²) in [6.07, 6.45) is 2.96. The number of nitrogens with one attached hydrogen (secondary N) is 1. The molecule has 0 saturated heterocycles. The number of amides is 1. The zero-order valence-electron chi connectivity index (χ0n) is 13.8. The van der Waals surface area contributed by atoms with Gasteiger partial charge >= 0.3 is 5.97 Å². The number of esters is 1. The van der Waals surface area contributed by atoms with Crippen molar-refractivity contribution in [1.29, 1.82) is 0 Å². The van der Waals surface area contributed by atoms with Gasteiger partial charge in [0.2, 0.25) is 5.91 Å². The summed E-state index contributed by atoms with van der Waals surface area (Å²) >= 11 is 0. The number of methoxy groups -OCH3 is 3. The summed E-state index contributed by atoms with van der Waals surface area (Å²) in [7, 11) is 4.44. The molecule has 6 nitrogen and oxygen atoms in total. The third-order valence-corrected chi connectivity index (χ3v) is 4.20. The Morgan fingerprint density at radius 1 is 1.17 bits per heavy atom. The molecule has 1 aliphatic carbocycles. The number of hydrogen-bond acceptors (Lipinski definition) is 5. The lowest BCUT2D eigenvalue weighted by molar-refractivity contribution is -0.141. The number of carbonyl (C=O) groups is 2. The van der Waals surface area contributed by atoms with Gasteiger partial charge < -0.3 is 19.5 Å². The Kier molecular flexibility index (Phi) is 5.84. The first-order valence-corrected chi connectivity index (χ1v) is 7.68. The smallest absolute Gasteiger partial charge is 0.307 e. The van der Waals surface area contributed by atoms with Gasteiger partial charge in [-0.3, -0.25) is 9.59 Å². The lowest BCUT2D eigenvalue weighted by Gasteiger charge is -2.27. The molecule has 6 heteroatoms. The second-order valence-electron chi connectivity index (χ2n) is 5.58. The van der Waals surface area contributed by atoms with E-state index in [1.165, 1.54) is 7.11 Å². The molecule has 1 saturated carbocycles. The maximum Gasteiger partial charge on any atom is 0.307 e. The lowest BCUT2D eigenvalue weighted by Crippen LogP contribution is -2.37.